The largest absolute Gasteiger partial charge is 0.502 e. The molecule has 0 spiro atoms. The fourth-order valence-corrected chi connectivity index (χ4v) is 5.13. The van der Waals surface area contributed by atoms with Gasteiger partial charge < -0.3 is 19.6 Å². The molecule has 1 aromatic rings. The first-order chi connectivity index (χ1) is 15.5. The van der Waals surface area contributed by atoms with Gasteiger partial charge in [-0.05, 0) is 52.0 Å². The van der Waals surface area contributed by atoms with Crippen molar-refractivity contribution < 1.29 is 24.4 Å². The molecule has 1 aromatic carbocycles. The van der Waals surface area contributed by atoms with Crippen molar-refractivity contribution >= 4 is 17.7 Å². The van der Waals surface area contributed by atoms with Gasteiger partial charge in [0.2, 0.25) is 0 Å². The summed E-state index contributed by atoms with van der Waals surface area (Å²) in [5, 5.41) is 21.0. The molecule has 0 bridgehead atoms. The molecule has 1 saturated carbocycles. The Morgan fingerprint density at radius 3 is 2.27 bits per heavy atom. The number of benzene rings is 1. The Kier molecular flexibility index (Phi) is 6.22. The van der Waals surface area contributed by atoms with Gasteiger partial charge in [0.05, 0.1) is 4.92 Å². The number of phenolic OH excluding ortho intramolecular Hbond substituents is 1. The van der Waals surface area contributed by atoms with Gasteiger partial charge in [0, 0.05) is 62.5 Å². The fraction of sp³-hybridized carbons (Fsp3) is 0.652. The van der Waals surface area contributed by atoms with Crippen LogP contribution in [0.4, 0.5) is 10.5 Å². The highest BCUT2D eigenvalue weighted by Crippen LogP contribution is 2.37. The van der Waals surface area contributed by atoms with E-state index in [9.17, 15) is 24.8 Å². The van der Waals surface area contributed by atoms with E-state index in [1.54, 1.807) is 9.80 Å². The predicted molar refractivity (Wildman–Crippen MR) is 120 cm³/mol. The normalized spacial score (nSPS) is 24.0. The Hall–Kier alpha value is -2.88. The average Bonchev–Trinajstić information content (AvgIpc) is 3.07. The molecule has 3 aliphatic rings. The lowest BCUT2D eigenvalue weighted by Crippen LogP contribution is -2.54. The Balaban J connectivity index is 1.30. The van der Waals surface area contributed by atoms with E-state index in [-0.39, 0.29) is 23.7 Å². The van der Waals surface area contributed by atoms with Gasteiger partial charge in [0.25, 0.3) is 5.91 Å². The number of carbonyl (C=O) groups excluding carboxylic acids is 2. The van der Waals surface area contributed by atoms with Gasteiger partial charge in [0.1, 0.15) is 5.60 Å². The van der Waals surface area contributed by atoms with E-state index >= 15 is 0 Å². The second-order valence-corrected chi connectivity index (χ2v) is 10.2. The molecule has 0 radical (unpaired) electrons. The van der Waals surface area contributed by atoms with E-state index in [1.807, 2.05) is 20.8 Å². The van der Waals surface area contributed by atoms with Crippen LogP contribution >= 0.6 is 0 Å². The number of nitro benzene ring substituents is 1. The number of aromatic hydroxyl groups is 1. The number of amides is 2. The van der Waals surface area contributed by atoms with E-state index in [0.29, 0.717) is 36.8 Å². The van der Waals surface area contributed by atoms with Gasteiger partial charge in [-0.15, -0.1) is 0 Å². The SMILES string of the molecule is CC(C)(C)OC(=O)N1CCN(C2CCC(N3Cc4cc([N+](=O)[O-])c(O)cc4C3=O)CC2)CC1. The summed E-state index contributed by atoms with van der Waals surface area (Å²) in [4.78, 5) is 41.7. The second kappa shape index (κ2) is 8.81. The zero-order valence-corrected chi connectivity index (χ0v) is 19.5. The van der Waals surface area contributed by atoms with Crippen LogP contribution in [-0.4, -0.2) is 80.6 Å². The minimum atomic E-state index is -0.628. The Morgan fingerprint density at radius 1 is 1.09 bits per heavy atom. The lowest BCUT2D eigenvalue weighted by Gasteiger charge is -2.43. The standard InChI is InChI=1S/C23H32N4O6/c1-23(2,3)33-22(30)25-10-8-24(9-11-25)16-4-6-17(7-5-16)26-14-15-12-19(27(31)32)20(28)13-18(15)21(26)29/h12-13,16-17,28H,4-11,14H2,1-3H3. The first-order valence-corrected chi connectivity index (χ1v) is 11.6. The second-order valence-electron chi connectivity index (χ2n) is 10.2. The fourth-order valence-electron chi connectivity index (χ4n) is 5.13. The Bertz CT molecular complexity index is 943. The molecule has 33 heavy (non-hydrogen) atoms. The van der Waals surface area contributed by atoms with Crippen molar-refractivity contribution in [2.24, 2.45) is 0 Å². The summed E-state index contributed by atoms with van der Waals surface area (Å²) in [6.45, 7) is 8.87. The number of fused-ring (bicyclic) bond motifs is 1. The number of carbonyl (C=O) groups is 2. The predicted octanol–water partition coefficient (Wildman–Crippen LogP) is 3.12. The summed E-state index contributed by atoms with van der Waals surface area (Å²) in [5.41, 5.74) is 0.101. The van der Waals surface area contributed by atoms with E-state index in [2.05, 4.69) is 4.90 Å². The van der Waals surface area contributed by atoms with Gasteiger partial charge >= 0.3 is 11.8 Å². The molecule has 0 atom stereocenters. The maximum absolute atomic E-state index is 12.9. The van der Waals surface area contributed by atoms with Crippen LogP contribution in [0.3, 0.4) is 0 Å². The molecule has 10 heteroatoms. The third kappa shape index (κ3) is 4.90. The molecule has 1 N–H and O–H groups in total. The van der Waals surface area contributed by atoms with Crippen molar-refractivity contribution in [3.63, 3.8) is 0 Å². The molecular formula is C23H32N4O6. The van der Waals surface area contributed by atoms with Crippen molar-refractivity contribution in [3.05, 3.63) is 33.4 Å². The first kappa shape index (κ1) is 23.3. The van der Waals surface area contributed by atoms with E-state index in [1.165, 1.54) is 12.1 Å². The number of rotatable bonds is 3. The summed E-state index contributed by atoms with van der Waals surface area (Å²) >= 11 is 0. The van der Waals surface area contributed by atoms with Crippen LogP contribution < -0.4 is 0 Å². The summed E-state index contributed by atoms with van der Waals surface area (Å²) in [6.07, 6.45) is 3.39. The van der Waals surface area contributed by atoms with Crippen molar-refractivity contribution in [2.45, 2.75) is 70.7 Å². The van der Waals surface area contributed by atoms with E-state index in [0.717, 1.165) is 38.8 Å². The molecule has 2 amide bonds. The number of nitrogens with zero attached hydrogens (tertiary/aromatic N) is 4. The van der Waals surface area contributed by atoms with Crippen LogP contribution in [-0.2, 0) is 11.3 Å². The molecule has 2 heterocycles. The summed E-state index contributed by atoms with van der Waals surface area (Å²) in [7, 11) is 0. The van der Waals surface area contributed by atoms with E-state index < -0.39 is 16.3 Å². The maximum atomic E-state index is 12.9. The summed E-state index contributed by atoms with van der Waals surface area (Å²) < 4.78 is 5.47. The van der Waals surface area contributed by atoms with Crippen LogP contribution in [0.5, 0.6) is 5.75 Å². The third-order valence-corrected chi connectivity index (χ3v) is 6.82. The molecule has 1 aliphatic carbocycles. The number of nitro groups is 1. The van der Waals surface area contributed by atoms with Crippen molar-refractivity contribution in [3.8, 4) is 5.75 Å². The molecule has 2 fully saturated rings. The molecule has 10 nitrogen and oxygen atoms in total. The number of hydrogen-bond acceptors (Lipinski definition) is 7. The average molecular weight is 461 g/mol. The van der Waals surface area contributed by atoms with Crippen molar-refractivity contribution in [1.82, 2.24) is 14.7 Å². The molecule has 0 aromatic heterocycles. The van der Waals surface area contributed by atoms with Gasteiger partial charge in [-0.25, -0.2) is 4.79 Å². The minimum absolute atomic E-state index is 0.0883. The highest BCUT2D eigenvalue weighted by atomic mass is 16.6. The Morgan fingerprint density at radius 2 is 1.70 bits per heavy atom. The number of ether oxygens (including phenoxy) is 1. The van der Waals surface area contributed by atoms with Crippen LogP contribution in [0.15, 0.2) is 12.1 Å². The van der Waals surface area contributed by atoms with Gasteiger partial charge in [-0.1, -0.05) is 0 Å². The van der Waals surface area contributed by atoms with Gasteiger partial charge in [0.15, 0.2) is 5.75 Å². The van der Waals surface area contributed by atoms with Crippen LogP contribution in [0.2, 0.25) is 0 Å². The zero-order chi connectivity index (χ0) is 23.9. The lowest BCUT2D eigenvalue weighted by molar-refractivity contribution is -0.385. The Labute approximate surface area is 193 Å². The van der Waals surface area contributed by atoms with Gasteiger partial charge in [-0.2, -0.15) is 0 Å². The number of hydrogen-bond donors (Lipinski definition) is 1. The van der Waals surface area contributed by atoms with Crippen LogP contribution in [0.1, 0.15) is 62.4 Å². The monoisotopic (exact) mass is 460 g/mol. The van der Waals surface area contributed by atoms with Crippen molar-refractivity contribution in [1.29, 1.82) is 0 Å². The highest BCUT2D eigenvalue weighted by Gasteiger charge is 2.38. The number of piperazine rings is 1. The quantitative estimate of drug-likeness (QED) is 0.544. The summed E-state index contributed by atoms with van der Waals surface area (Å²) in [5.74, 6) is -0.632. The van der Waals surface area contributed by atoms with Crippen LogP contribution in [0, 0.1) is 10.1 Å². The zero-order valence-electron chi connectivity index (χ0n) is 19.5. The molecule has 180 valence electrons. The topological polar surface area (TPSA) is 116 Å². The smallest absolute Gasteiger partial charge is 0.410 e. The first-order valence-electron chi connectivity index (χ1n) is 11.6. The van der Waals surface area contributed by atoms with Gasteiger partial charge in [-0.3, -0.25) is 19.8 Å². The van der Waals surface area contributed by atoms with Crippen molar-refractivity contribution in [2.75, 3.05) is 26.2 Å². The van der Waals surface area contributed by atoms with Crippen LogP contribution in [0.25, 0.3) is 0 Å². The number of phenols is 1. The molecule has 4 rings (SSSR count). The maximum Gasteiger partial charge on any atom is 0.410 e. The molecular weight excluding hydrogens is 428 g/mol. The summed E-state index contributed by atoms with van der Waals surface area (Å²) in [6, 6.07) is 3.06. The molecule has 0 unspecified atom stereocenters. The molecule has 2 aliphatic heterocycles. The lowest BCUT2D eigenvalue weighted by atomic mass is 9.89. The molecule has 1 saturated heterocycles. The van der Waals surface area contributed by atoms with E-state index in [4.69, 9.17) is 4.74 Å². The highest BCUT2D eigenvalue weighted by molar-refractivity contribution is 5.99. The third-order valence-electron chi connectivity index (χ3n) is 6.82. The minimum Gasteiger partial charge on any atom is -0.502 e.